The average molecular weight is 398 g/mol. The minimum absolute atomic E-state index is 0.0402. The molecule has 29 heavy (non-hydrogen) atoms. The predicted molar refractivity (Wildman–Crippen MR) is 103 cm³/mol. The summed E-state index contributed by atoms with van der Waals surface area (Å²) in [4.78, 5) is 32.8. The minimum atomic E-state index is -0.873. The van der Waals surface area contributed by atoms with Gasteiger partial charge in [0.05, 0.1) is 21.5 Å². The van der Waals surface area contributed by atoms with Crippen molar-refractivity contribution >= 4 is 23.2 Å². The van der Waals surface area contributed by atoms with Crippen molar-refractivity contribution in [2.45, 2.75) is 32.9 Å². The molecule has 150 valence electrons. The summed E-state index contributed by atoms with van der Waals surface area (Å²) in [6, 6.07) is 10.5. The molecule has 1 atom stereocenters. The summed E-state index contributed by atoms with van der Waals surface area (Å²) < 4.78 is 5.79. The van der Waals surface area contributed by atoms with Crippen LogP contribution in [0.25, 0.3) is 0 Å². The zero-order chi connectivity index (χ0) is 21.3. The molecule has 0 unspecified atom stereocenters. The molecule has 1 amide bonds. The SMILES string of the molecule is CC(=O)N1N=C(c2cc([N+](=O)[O-])cc([N+](=O)[O-])c2)O[C@@H]1c1ccc(C(C)C)cc1. The lowest BCUT2D eigenvalue weighted by molar-refractivity contribution is -0.394. The fourth-order valence-electron chi connectivity index (χ4n) is 2.88. The van der Waals surface area contributed by atoms with Gasteiger partial charge in [0.15, 0.2) is 0 Å². The van der Waals surface area contributed by atoms with E-state index < -0.39 is 33.4 Å². The number of hydrogen-bond donors (Lipinski definition) is 0. The third-order valence-electron chi connectivity index (χ3n) is 4.43. The highest BCUT2D eigenvalue weighted by atomic mass is 16.6. The highest BCUT2D eigenvalue weighted by Crippen LogP contribution is 2.33. The Labute approximate surface area is 165 Å². The molecule has 1 heterocycles. The normalized spacial score (nSPS) is 15.8. The van der Waals surface area contributed by atoms with E-state index in [0.717, 1.165) is 28.8 Å². The number of nitro benzene ring substituents is 2. The highest BCUT2D eigenvalue weighted by Gasteiger charge is 2.34. The molecule has 0 aromatic heterocycles. The molecule has 0 aliphatic carbocycles. The van der Waals surface area contributed by atoms with E-state index in [1.807, 2.05) is 24.3 Å². The number of carbonyl (C=O) groups is 1. The van der Waals surface area contributed by atoms with Crippen molar-refractivity contribution in [3.63, 3.8) is 0 Å². The van der Waals surface area contributed by atoms with Gasteiger partial charge in [0.2, 0.25) is 18.0 Å². The van der Waals surface area contributed by atoms with Gasteiger partial charge in [-0.25, -0.2) is 0 Å². The third kappa shape index (κ3) is 4.05. The van der Waals surface area contributed by atoms with Gasteiger partial charge in [-0.1, -0.05) is 38.1 Å². The van der Waals surface area contributed by atoms with E-state index >= 15 is 0 Å². The lowest BCUT2D eigenvalue weighted by atomic mass is 10.0. The number of hydrogen-bond acceptors (Lipinski definition) is 7. The molecule has 0 radical (unpaired) electrons. The largest absolute Gasteiger partial charge is 0.446 e. The Morgan fingerprint density at radius 3 is 2.07 bits per heavy atom. The summed E-state index contributed by atoms with van der Waals surface area (Å²) in [6.45, 7) is 5.42. The number of benzene rings is 2. The lowest BCUT2D eigenvalue weighted by Gasteiger charge is -2.19. The molecule has 2 aromatic rings. The van der Waals surface area contributed by atoms with Crippen LogP contribution in [-0.2, 0) is 9.53 Å². The van der Waals surface area contributed by atoms with Crippen LogP contribution < -0.4 is 0 Å². The van der Waals surface area contributed by atoms with Crippen LogP contribution in [-0.4, -0.2) is 26.7 Å². The van der Waals surface area contributed by atoms with Crippen LogP contribution in [0.1, 0.15) is 49.6 Å². The summed E-state index contributed by atoms with van der Waals surface area (Å²) in [5, 5.41) is 27.5. The molecule has 3 rings (SSSR count). The number of nitro groups is 2. The number of nitrogens with zero attached hydrogens (tertiary/aromatic N) is 4. The highest BCUT2D eigenvalue weighted by molar-refractivity contribution is 5.97. The third-order valence-corrected chi connectivity index (χ3v) is 4.43. The maximum Gasteiger partial charge on any atom is 0.277 e. The van der Waals surface area contributed by atoms with Crippen molar-refractivity contribution < 1.29 is 19.4 Å². The second-order valence-electron chi connectivity index (χ2n) is 6.81. The van der Waals surface area contributed by atoms with E-state index in [1.54, 1.807) is 0 Å². The van der Waals surface area contributed by atoms with Gasteiger partial charge < -0.3 is 4.74 Å². The van der Waals surface area contributed by atoms with E-state index in [9.17, 15) is 25.0 Å². The summed E-state index contributed by atoms with van der Waals surface area (Å²) in [7, 11) is 0. The molecule has 1 aliphatic rings. The summed E-state index contributed by atoms with van der Waals surface area (Å²) in [5.41, 5.74) is 0.859. The molecule has 0 N–H and O–H groups in total. The van der Waals surface area contributed by atoms with Crippen LogP contribution >= 0.6 is 0 Å². The van der Waals surface area contributed by atoms with Crippen molar-refractivity contribution in [2.75, 3.05) is 0 Å². The molecule has 10 heteroatoms. The molecule has 0 spiro atoms. The number of rotatable bonds is 5. The lowest BCUT2D eigenvalue weighted by Crippen LogP contribution is -2.25. The van der Waals surface area contributed by atoms with Crippen molar-refractivity contribution in [1.29, 1.82) is 0 Å². The second kappa shape index (κ2) is 7.66. The first-order valence-corrected chi connectivity index (χ1v) is 8.76. The van der Waals surface area contributed by atoms with Gasteiger partial charge in [-0.05, 0) is 11.5 Å². The Morgan fingerprint density at radius 1 is 1.07 bits per heavy atom. The molecule has 0 bridgehead atoms. The molecular formula is C19H18N4O6. The summed E-state index contributed by atoms with van der Waals surface area (Å²) in [5.74, 6) is -0.183. The van der Waals surface area contributed by atoms with E-state index in [0.29, 0.717) is 11.5 Å². The summed E-state index contributed by atoms with van der Waals surface area (Å²) in [6.07, 6.45) is -0.873. The van der Waals surface area contributed by atoms with E-state index in [4.69, 9.17) is 4.74 Å². The van der Waals surface area contributed by atoms with Crippen molar-refractivity contribution in [1.82, 2.24) is 5.01 Å². The number of ether oxygens (including phenoxy) is 1. The van der Waals surface area contributed by atoms with Crippen LogP contribution in [0.15, 0.2) is 47.6 Å². The zero-order valence-corrected chi connectivity index (χ0v) is 15.9. The van der Waals surface area contributed by atoms with E-state index in [1.165, 1.54) is 6.92 Å². The summed E-state index contributed by atoms with van der Waals surface area (Å²) >= 11 is 0. The molecule has 2 aromatic carbocycles. The predicted octanol–water partition coefficient (Wildman–Crippen LogP) is 3.87. The van der Waals surface area contributed by atoms with Crippen LogP contribution in [0.2, 0.25) is 0 Å². The Bertz CT molecular complexity index is 984. The molecular weight excluding hydrogens is 380 g/mol. The molecule has 0 saturated carbocycles. The van der Waals surface area contributed by atoms with Gasteiger partial charge in [0.1, 0.15) is 0 Å². The standard InChI is InChI=1S/C19H18N4O6/c1-11(2)13-4-6-14(7-5-13)19-21(12(3)24)20-18(29-19)15-8-16(22(25)26)10-17(9-15)23(27)28/h4-11,19H,1-3H3/t19-/m1/s1. The molecule has 0 fully saturated rings. The van der Waals surface area contributed by atoms with Gasteiger partial charge in [0.25, 0.3) is 11.4 Å². The average Bonchev–Trinajstić information content (AvgIpc) is 3.13. The van der Waals surface area contributed by atoms with Crippen molar-refractivity contribution in [3.8, 4) is 0 Å². The smallest absolute Gasteiger partial charge is 0.277 e. The first-order chi connectivity index (χ1) is 13.7. The monoisotopic (exact) mass is 398 g/mol. The topological polar surface area (TPSA) is 128 Å². The van der Waals surface area contributed by atoms with Gasteiger partial charge in [0, 0.05) is 24.6 Å². The fraction of sp³-hybridized carbons (Fsp3) is 0.263. The van der Waals surface area contributed by atoms with Gasteiger partial charge in [-0.15, -0.1) is 5.10 Å². The number of amides is 1. The Kier molecular flexibility index (Phi) is 5.26. The Morgan fingerprint density at radius 2 is 1.62 bits per heavy atom. The van der Waals surface area contributed by atoms with Crippen LogP contribution in [0.5, 0.6) is 0 Å². The molecule has 1 aliphatic heterocycles. The van der Waals surface area contributed by atoms with Gasteiger partial charge >= 0.3 is 0 Å². The van der Waals surface area contributed by atoms with Crippen LogP contribution in [0.4, 0.5) is 11.4 Å². The second-order valence-corrected chi connectivity index (χ2v) is 6.81. The van der Waals surface area contributed by atoms with Crippen molar-refractivity contribution in [3.05, 3.63) is 79.4 Å². The maximum atomic E-state index is 12.1. The number of non-ortho nitro benzene ring substituents is 2. The maximum absolute atomic E-state index is 12.1. The van der Waals surface area contributed by atoms with Crippen LogP contribution in [0, 0.1) is 20.2 Å². The zero-order valence-electron chi connectivity index (χ0n) is 15.9. The van der Waals surface area contributed by atoms with E-state index in [-0.39, 0.29) is 11.5 Å². The molecule has 0 saturated heterocycles. The number of hydrazone groups is 1. The van der Waals surface area contributed by atoms with Crippen molar-refractivity contribution in [2.24, 2.45) is 5.10 Å². The quantitative estimate of drug-likeness (QED) is 0.555. The fourth-order valence-corrected chi connectivity index (χ4v) is 2.88. The number of carbonyl (C=O) groups excluding carboxylic acids is 1. The van der Waals surface area contributed by atoms with Crippen LogP contribution in [0.3, 0.4) is 0 Å². The first kappa shape index (κ1) is 19.9. The Balaban J connectivity index is 1.99. The van der Waals surface area contributed by atoms with Gasteiger partial charge in [-0.3, -0.25) is 25.0 Å². The first-order valence-electron chi connectivity index (χ1n) is 8.76. The molecule has 10 nitrogen and oxygen atoms in total. The van der Waals surface area contributed by atoms with E-state index in [2.05, 4.69) is 18.9 Å². The van der Waals surface area contributed by atoms with Gasteiger partial charge in [-0.2, -0.15) is 5.01 Å². The minimum Gasteiger partial charge on any atom is -0.446 e. The Hall–Kier alpha value is -3.82.